The number of carbonyl (C=O) groups is 1. The van der Waals surface area contributed by atoms with Crippen LogP contribution in [0.1, 0.15) is 23.4 Å². The van der Waals surface area contributed by atoms with E-state index in [0.717, 1.165) is 42.3 Å². The topological polar surface area (TPSA) is 88.8 Å². The average molecular weight is 383 g/mol. The summed E-state index contributed by atoms with van der Waals surface area (Å²) >= 11 is 1.53. The van der Waals surface area contributed by atoms with Crippen LogP contribution in [0.3, 0.4) is 0 Å². The fourth-order valence-corrected chi connectivity index (χ4v) is 3.94. The smallest absolute Gasteiger partial charge is 0.229 e. The summed E-state index contributed by atoms with van der Waals surface area (Å²) in [5, 5.41) is 16.4. The third-order valence-corrected chi connectivity index (χ3v) is 5.81. The van der Waals surface area contributed by atoms with Crippen LogP contribution in [0.25, 0.3) is 5.82 Å². The lowest BCUT2D eigenvalue weighted by Gasteiger charge is -2.31. The van der Waals surface area contributed by atoms with Gasteiger partial charge in [0.25, 0.3) is 0 Å². The summed E-state index contributed by atoms with van der Waals surface area (Å²) in [6.07, 6.45) is 5.12. The van der Waals surface area contributed by atoms with Gasteiger partial charge in [-0.3, -0.25) is 4.79 Å². The molecule has 0 unspecified atom stereocenters. The number of piperidine rings is 1. The van der Waals surface area contributed by atoms with Crippen molar-refractivity contribution < 1.29 is 4.79 Å². The zero-order valence-electron chi connectivity index (χ0n) is 15.3. The molecule has 1 aliphatic heterocycles. The Labute approximate surface area is 161 Å². The molecule has 3 aromatic heterocycles. The Morgan fingerprint density at radius 2 is 1.93 bits per heavy atom. The lowest BCUT2D eigenvalue weighted by molar-refractivity contribution is -0.120. The van der Waals surface area contributed by atoms with Gasteiger partial charge in [-0.05, 0) is 44.9 Å². The monoisotopic (exact) mass is 383 g/mol. The van der Waals surface area contributed by atoms with Crippen molar-refractivity contribution in [2.24, 2.45) is 5.92 Å². The first-order valence-electron chi connectivity index (χ1n) is 8.94. The minimum Gasteiger partial charge on any atom is -0.355 e. The Balaban J connectivity index is 1.33. The highest BCUT2D eigenvalue weighted by molar-refractivity contribution is 7.15. The third-order valence-electron chi connectivity index (χ3n) is 4.82. The number of aromatic nitrogens is 5. The van der Waals surface area contributed by atoms with E-state index in [0.29, 0.717) is 10.9 Å². The highest BCUT2D eigenvalue weighted by atomic mass is 32.1. The van der Waals surface area contributed by atoms with Crippen molar-refractivity contribution in [2.75, 3.05) is 23.3 Å². The van der Waals surface area contributed by atoms with Gasteiger partial charge >= 0.3 is 0 Å². The van der Waals surface area contributed by atoms with Gasteiger partial charge in [0.05, 0.1) is 5.69 Å². The average Bonchev–Trinajstić information content (AvgIpc) is 3.32. The van der Waals surface area contributed by atoms with Gasteiger partial charge in [0, 0.05) is 36.3 Å². The standard InChI is InChI=1S/C18H21N7OS/c1-12-13(2)27-18(20-12)21-17(26)14-6-10-24(11-7-14)15-4-5-16(23-22-15)25-9-3-8-19-25/h3-5,8-9,14H,6-7,10-11H2,1-2H3,(H,20,21,26). The summed E-state index contributed by atoms with van der Waals surface area (Å²) in [5.74, 6) is 1.58. The molecule has 0 saturated carbocycles. The second kappa shape index (κ2) is 7.43. The molecule has 1 N–H and O–H groups in total. The third kappa shape index (κ3) is 3.82. The summed E-state index contributed by atoms with van der Waals surface area (Å²) < 4.78 is 1.68. The molecular weight excluding hydrogens is 362 g/mol. The van der Waals surface area contributed by atoms with Crippen molar-refractivity contribution in [2.45, 2.75) is 26.7 Å². The van der Waals surface area contributed by atoms with Crippen LogP contribution in [0.5, 0.6) is 0 Å². The van der Waals surface area contributed by atoms with Crippen molar-refractivity contribution in [1.82, 2.24) is 25.0 Å². The van der Waals surface area contributed by atoms with E-state index in [4.69, 9.17) is 0 Å². The first kappa shape index (κ1) is 17.6. The van der Waals surface area contributed by atoms with Crippen LogP contribution in [-0.2, 0) is 4.79 Å². The van der Waals surface area contributed by atoms with Gasteiger partial charge in [-0.2, -0.15) is 5.10 Å². The highest BCUT2D eigenvalue weighted by Crippen LogP contribution is 2.25. The van der Waals surface area contributed by atoms with E-state index in [1.807, 2.05) is 38.2 Å². The number of thiazole rings is 1. The van der Waals surface area contributed by atoms with Crippen molar-refractivity contribution in [3.63, 3.8) is 0 Å². The molecule has 1 amide bonds. The highest BCUT2D eigenvalue weighted by Gasteiger charge is 2.26. The van der Waals surface area contributed by atoms with Gasteiger partial charge in [-0.25, -0.2) is 9.67 Å². The Morgan fingerprint density at radius 3 is 2.52 bits per heavy atom. The van der Waals surface area contributed by atoms with Crippen molar-refractivity contribution >= 4 is 28.2 Å². The number of nitrogens with zero attached hydrogens (tertiary/aromatic N) is 6. The fraction of sp³-hybridized carbons (Fsp3) is 0.389. The molecule has 1 saturated heterocycles. The van der Waals surface area contributed by atoms with Crippen LogP contribution < -0.4 is 10.2 Å². The van der Waals surface area contributed by atoms with Crippen LogP contribution in [0.15, 0.2) is 30.6 Å². The maximum absolute atomic E-state index is 12.5. The van der Waals surface area contributed by atoms with Crippen LogP contribution >= 0.6 is 11.3 Å². The van der Waals surface area contributed by atoms with Gasteiger partial charge in [0.2, 0.25) is 5.91 Å². The SMILES string of the molecule is Cc1nc(NC(=O)C2CCN(c3ccc(-n4cccn4)nn3)CC2)sc1C. The number of carbonyl (C=O) groups excluding carboxylic acids is 1. The molecule has 9 heteroatoms. The van der Waals surface area contributed by atoms with Gasteiger partial charge < -0.3 is 10.2 Å². The molecule has 4 heterocycles. The van der Waals surface area contributed by atoms with E-state index in [-0.39, 0.29) is 11.8 Å². The van der Waals surface area contributed by atoms with E-state index in [2.05, 4.69) is 30.5 Å². The van der Waals surface area contributed by atoms with Gasteiger partial charge in [0.15, 0.2) is 16.8 Å². The Hall–Kier alpha value is -2.81. The molecule has 0 bridgehead atoms. The van der Waals surface area contributed by atoms with E-state index in [1.165, 1.54) is 11.3 Å². The molecule has 8 nitrogen and oxygen atoms in total. The Morgan fingerprint density at radius 1 is 1.19 bits per heavy atom. The van der Waals surface area contributed by atoms with Gasteiger partial charge in [0.1, 0.15) is 0 Å². The summed E-state index contributed by atoms with van der Waals surface area (Å²) in [6, 6.07) is 5.70. The van der Waals surface area contributed by atoms with Gasteiger partial charge in [-0.15, -0.1) is 21.5 Å². The molecule has 0 radical (unpaired) electrons. The predicted octanol–water partition coefficient (Wildman–Crippen LogP) is 2.59. The number of amides is 1. The Kier molecular flexibility index (Phi) is 4.85. The number of anilines is 2. The molecule has 0 aromatic carbocycles. The molecular formula is C18H21N7OS. The molecule has 0 aliphatic carbocycles. The van der Waals surface area contributed by atoms with Crippen LogP contribution in [-0.4, -0.2) is 44.0 Å². The van der Waals surface area contributed by atoms with E-state index >= 15 is 0 Å². The number of hydrogen-bond donors (Lipinski definition) is 1. The molecule has 27 heavy (non-hydrogen) atoms. The molecule has 1 fully saturated rings. The second-order valence-corrected chi connectivity index (χ2v) is 7.81. The first-order chi connectivity index (χ1) is 13.1. The lowest BCUT2D eigenvalue weighted by atomic mass is 9.96. The Bertz CT molecular complexity index is 892. The van der Waals surface area contributed by atoms with Gasteiger partial charge in [-0.1, -0.05) is 0 Å². The summed E-state index contributed by atoms with van der Waals surface area (Å²) in [4.78, 5) is 20.2. The molecule has 0 atom stereocenters. The fourth-order valence-electron chi connectivity index (χ4n) is 3.12. The summed E-state index contributed by atoms with van der Waals surface area (Å²) in [5.41, 5.74) is 0.974. The predicted molar refractivity (Wildman–Crippen MR) is 104 cm³/mol. The van der Waals surface area contributed by atoms with Crippen molar-refractivity contribution in [1.29, 1.82) is 0 Å². The summed E-state index contributed by atoms with van der Waals surface area (Å²) in [6.45, 7) is 5.53. The molecule has 4 rings (SSSR count). The largest absolute Gasteiger partial charge is 0.355 e. The second-order valence-electron chi connectivity index (χ2n) is 6.61. The lowest BCUT2D eigenvalue weighted by Crippen LogP contribution is -2.38. The number of hydrogen-bond acceptors (Lipinski definition) is 7. The quantitative estimate of drug-likeness (QED) is 0.745. The maximum Gasteiger partial charge on any atom is 0.229 e. The van der Waals surface area contributed by atoms with E-state index in [9.17, 15) is 4.79 Å². The van der Waals surface area contributed by atoms with Crippen molar-refractivity contribution in [3.8, 4) is 5.82 Å². The number of rotatable bonds is 4. The minimum absolute atomic E-state index is 0.00192. The minimum atomic E-state index is 0.00192. The molecule has 3 aromatic rings. The molecule has 140 valence electrons. The maximum atomic E-state index is 12.5. The zero-order chi connectivity index (χ0) is 18.8. The zero-order valence-corrected chi connectivity index (χ0v) is 16.1. The van der Waals surface area contributed by atoms with Crippen LogP contribution in [0.2, 0.25) is 0 Å². The number of aryl methyl sites for hydroxylation is 2. The normalized spacial score (nSPS) is 15.1. The van der Waals surface area contributed by atoms with Crippen LogP contribution in [0, 0.1) is 19.8 Å². The number of nitrogens with one attached hydrogen (secondary N) is 1. The van der Waals surface area contributed by atoms with E-state index < -0.39 is 0 Å². The van der Waals surface area contributed by atoms with E-state index in [1.54, 1.807) is 10.9 Å². The summed E-state index contributed by atoms with van der Waals surface area (Å²) in [7, 11) is 0. The molecule has 0 spiro atoms. The first-order valence-corrected chi connectivity index (χ1v) is 9.75. The van der Waals surface area contributed by atoms with Crippen molar-refractivity contribution in [3.05, 3.63) is 41.2 Å². The molecule has 1 aliphatic rings. The van der Waals surface area contributed by atoms with Crippen LogP contribution in [0.4, 0.5) is 10.9 Å².